The van der Waals surface area contributed by atoms with Crippen LogP contribution in [0.25, 0.3) is 0 Å². The number of fused-ring (bicyclic) bond motifs is 1. The lowest BCUT2D eigenvalue weighted by atomic mass is 10.0. The second-order valence-corrected chi connectivity index (χ2v) is 3.96. The maximum atomic E-state index is 11.7. The van der Waals surface area contributed by atoms with Crippen LogP contribution in [0.1, 0.15) is 19.8 Å². The standard InChI is InChI=1S/C11H16O3/c1-3-6-11(10(12)13-2)8-5-4-7-14-9(8)11/h3,6,8-9H,4-5,7H2,1-2H3/b6-3+/t8-,9+,11+/m0/s1. The van der Waals surface area contributed by atoms with Crippen LogP contribution in [0.5, 0.6) is 0 Å². The first-order chi connectivity index (χ1) is 6.77. The van der Waals surface area contributed by atoms with Crippen LogP contribution in [0.4, 0.5) is 0 Å². The van der Waals surface area contributed by atoms with Crippen LogP contribution in [0, 0.1) is 11.3 Å². The van der Waals surface area contributed by atoms with Crippen LogP contribution >= 0.6 is 0 Å². The Balaban J connectivity index is 2.21. The molecule has 1 saturated carbocycles. The van der Waals surface area contributed by atoms with Crippen molar-refractivity contribution in [3.8, 4) is 0 Å². The van der Waals surface area contributed by atoms with Gasteiger partial charge in [0.25, 0.3) is 0 Å². The molecule has 0 amide bonds. The van der Waals surface area contributed by atoms with E-state index < -0.39 is 5.41 Å². The number of carbonyl (C=O) groups is 1. The third-order valence-electron chi connectivity index (χ3n) is 3.28. The fourth-order valence-corrected chi connectivity index (χ4v) is 2.61. The molecule has 78 valence electrons. The van der Waals surface area contributed by atoms with E-state index in [4.69, 9.17) is 9.47 Å². The molecule has 0 unspecified atom stereocenters. The third kappa shape index (κ3) is 1.12. The summed E-state index contributed by atoms with van der Waals surface area (Å²) in [6.45, 7) is 2.70. The zero-order chi connectivity index (χ0) is 10.2. The topological polar surface area (TPSA) is 35.5 Å². The highest BCUT2D eigenvalue weighted by atomic mass is 16.5. The van der Waals surface area contributed by atoms with Crippen molar-refractivity contribution in [2.45, 2.75) is 25.9 Å². The predicted octanol–water partition coefficient (Wildman–Crippen LogP) is 1.53. The van der Waals surface area contributed by atoms with Gasteiger partial charge < -0.3 is 9.47 Å². The fourth-order valence-electron chi connectivity index (χ4n) is 2.61. The van der Waals surface area contributed by atoms with Gasteiger partial charge in [0, 0.05) is 12.5 Å². The Hall–Kier alpha value is -0.830. The summed E-state index contributed by atoms with van der Waals surface area (Å²) in [4.78, 5) is 11.7. The number of hydrogen-bond donors (Lipinski definition) is 0. The van der Waals surface area contributed by atoms with Gasteiger partial charge in [-0.25, -0.2) is 0 Å². The zero-order valence-electron chi connectivity index (χ0n) is 8.66. The van der Waals surface area contributed by atoms with E-state index in [1.165, 1.54) is 7.11 Å². The molecule has 1 aliphatic heterocycles. The fraction of sp³-hybridized carbons (Fsp3) is 0.727. The third-order valence-corrected chi connectivity index (χ3v) is 3.28. The summed E-state index contributed by atoms with van der Waals surface area (Å²) < 4.78 is 10.4. The van der Waals surface area contributed by atoms with Crippen molar-refractivity contribution in [3.05, 3.63) is 12.2 Å². The minimum absolute atomic E-state index is 0.0694. The summed E-state index contributed by atoms with van der Waals surface area (Å²) in [5.74, 6) is 0.201. The van der Waals surface area contributed by atoms with Crippen LogP contribution < -0.4 is 0 Å². The zero-order valence-corrected chi connectivity index (χ0v) is 8.66. The van der Waals surface area contributed by atoms with Gasteiger partial charge in [-0.3, -0.25) is 4.79 Å². The lowest BCUT2D eigenvalue weighted by Crippen LogP contribution is -2.20. The molecule has 1 heterocycles. The van der Waals surface area contributed by atoms with Gasteiger partial charge >= 0.3 is 5.97 Å². The minimum Gasteiger partial charge on any atom is -0.468 e. The highest BCUT2D eigenvalue weighted by molar-refractivity contribution is 5.84. The van der Waals surface area contributed by atoms with Crippen LogP contribution in [-0.2, 0) is 14.3 Å². The van der Waals surface area contributed by atoms with Gasteiger partial charge in [-0.15, -0.1) is 0 Å². The minimum atomic E-state index is -0.458. The van der Waals surface area contributed by atoms with Gasteiger partial charge in [0.2, 0.25) is 0 Å². The van der Waals surface area contributed by atoms with E-state index in [9.17, 15) is 4.79 Å². The van der Waals surface area contributed by atoms with Crippen LogP contribution in [0.2, 0.25) is 0 Å². The molecule has 1 saturated heterocycles. The van der Waals surface area contributed by atoms with Crippen LogP contribution in [-0.4, -0.2) is 25.8 Å². The summed E-state index contributed by atoms with van der Waals surface area (Å²) >= 11 is 0. The number of hydrogen-bond acceptors (Lipinski definition) is 3. The monoisotopic (exact) mass is 196 g/mol. The number of carbonyl (C=O) groups excluding carboxylic acids is 1. The summed E-state index contributed by atoms with van der Waals surface area (Å²) in [5.41, 5.74) is -0.458. The van der Waals surface area contributed by atoms with Crippen molar-refractivity contribution in [2.24, 2.45) is 11.3 Å². The molecule has 1 aliphatic carbocycles. The Morgan fingerprint density at radius 3 is 2.93 bits per heavy atom. The summed E-state index contributed by atoms with van der Waals surface area (Å²) in [5, 5.41) is 0. The first-order valence-corrected chi connectivity index (χ1v) is 5.11. The smallest absolute Gasteiger partial charge is 0.318 e. The number of esters is 1. The van der Waals surface area contributed by atoms with E-state index >= 15 is 0 Å². The van der Waals surface area contributed by atoms with Gasteiger partial charge in [0.15, 0.2) is 0 Å². The molecule has 3 nitrogen and oxygen atoms in total. The molecular weight excluding hydrogens is 180 g/mol. The van der Waals surface area contributed by atoms with E-state index in [-0.39, 0.29) is 12.1 Å². The average molecular weight is 196 g/mol. The van der Waals surface area contributed by atoms with Crippen molar-refractivity contribution in [3.63, 3.8) is 0 Å². The molecule has 3 atom stereocenters. The summed E-state index contributed by atoms with van der Waals surface area (Å²) in [7, 11) is 1.44. The maximum absolute atomic E-state index is 11.7. The molecule has 0 aromatic rings. The van der Waals surface area contributed by atoms with Gasteiger partial charge in [-0.1, -0.05) is 12.2 Å². The molecule has 0 spiro atoms. The highest BCUT2D eigenvalue weighted by Crippen LogP contribution is 2.60. The molecule has 0 aromatic carbocycles. The Labute approximate surface area is 84.1 Å². The van der Waals surface area contributed by atoms with Crippen molar-refractivity contribution >= 4 is 5.97 Å². The van der Waals surface area contributed by atoms with E-state index in [0.29, 0.717) is 5.92 Å². The molecule has 2 aliphatic rings. The molecule has 0 aromatic heterocycles. The second-order valence-electron chi connectivity index (χ2n) is 3.96. The van der Waals surface area contributed by atoms with E-state index in [0.717, 1.165) is 19.4 Å². The second kappa shape index (κ2) is 3.39. The van der Waals surface area contributed by atoms with Crippen LogP contribution in [0.15, 0.2) is 12.2 Å². The Kier molecular flexibility index (Phi) is 2.35. The highest BCUT2D eigenvalue weighted by Gasteiger charge is 2.70. The van der Waals surface area contributed by atoms with E-state index in [1.807, 2.05) is 19.1 Å². The van der Waals surface area contributed by atoms with Gasteiger partial charge in [-0.2, -0.15) is 0 Å². The first-order valence-electron chi connectivity index (χ1n) is 5.11. The summed E-state index contributed by atoms with van der Waals surface area (Å²) in [6, 6.07) is 0. The van der Waals surface area contributed by atoms with Crippen molar-refractivity contribution in [1.82, 2.24) is 0 Å². The normalized spacial score (nSPS) is 40.7. The van der Waals surface area contributed by atoms with Gasteiger partial charge in [0.05, 0.1) is 13.2 Å². The van der Waals surface area contributed by atoms with Crippen molar-refractivity contribution in [2.75, 3.05) is 13.7 Å². The van der Waals surface area contributed by atoms with Crippen molar-refractivity contribution in [1.29, 1.82) is 0 Å². The van der Waals surface area contributed by atoms with E-state index in [1.54, 1.807) is 0 Å². The number of rotatable bonds is 2. The molecule has 2 rings (SSSR count). The lowest BCUT2D eigenvalue weighted by molar-refractivity contribution is -0.146. The molecule has 3 heteroatoms. The van der Waals surface area contributed by atoms with Gasteiger partial charge in [-0.05, 0) is 19.8 Å². The lowest BCUT2D eigenvalue weighted by Gasteiger charge is -2.09. The van der Waals surface area contributed by atoms with E-state index in [2.05, 4.69) is 0 Å². The summed E-state index contributed by atoms with van der Waals surface area (Å²) in [6.07, 6.45) is 6.06. The molecule has 2 fully saturated rings. The average Bonchev–Trinajstić information content (AvgIpc) is 2.88. The Morgan fingerprint density at radius 1 is 1.64 bits per heavy atom. The van der Waals surface area contributed by atoms with Gasteiger partial charge in [0.1, 0.15) is 5.41 Å². The molecule has 0 radical (unpaired) electrons. The molecule has 14 heavy (non-hydrogen) atoms. The number of ether oxygens (including phenoxy) is 2. The molecular formula is C11H16O3. The largest absolute Gasteiger partial charge is 0.468 e. The maximum Gasteiger partial charge on any atom is 0.318 e. The predicted molar refractivity (Wildman–Crippen MR) is 51.7 cm³/mol. The first kappa shape index (κ1) is 9.71. The van der Waals surface area contributed by atoms with Crippen LogP contribution in [0.3, 0.4) is 0 Å². The SMILES string of the molecule is C/C=C/[C@]1(C(=O)OC)[C@@H]2OCCC[C@@H]21. The Bertz CT molecular complexity index is 258. The number of allylic oxidation sites excluding steroid dienone is 1. The van der Waals surface area contributed by atoms with Crippen molar-refractivity contribution < 1.29 is 14.3 Å². The quantitative estimate of drug-likeness (QED) is 0.496. The Morgan fingerprint density at radius 2 is 2.43 bits per heavy atom. The molecule has 0 bridgehead atoms. The molecule has 0 N–H and O–H groups in total. The number of methoxy groups -OCH3 is 1.